The molecule has 0 radical (unpaired) electrons. The number of allylic oxidation sites excluding steroid dienone is 4. The maximum absolute atomic E-state index is 6.15. The second kappa shape index (κ2) is 13.8. The van der Waals surface area contributed by atoms with Crippen molar-refractivity contribution in [2.75, 3.05) is 40.3 Å². The molecule has 0 N–H and O–H groups in total. The Morgan fingerprint density at radius 1 is 0.955 bits per heavy atom. The van der Waals surface area contributed by atoms with Crippen molar-refractivity contribution in [3.05, 3.63) is 70.2 Å². The Morgan fingerprint density at radius 2 is 1.68 bits per heavy atom. The Kier molecular flexibility index (Phi) is 9.89. The molecule has 1 aromatic carbocycles. The summed E-state index contributed by atoms with van der Waals surface area (Å²) in [5.74, 6) is 11.4. The molecule has 3 heterocycles. The highest BCUT2D eigenvalue weighted by atomic mass is 16.3. The average Bonchev–Trinajstić information content (AvgIpc) is 3.43. The lowest BCUT2D eigenvalue weighted by Gasteiger charge is -2.50. The second-order valence-corrected chi connectivity index (χ2v) is 15.0. The predicted octanol–water partition coefficient (Wildman–Crippen LogP) is 9.30. The molecule has 2 aliphatic heterocycles. The summed E-state index contributed by atoms with van der Waals surface area (Å²) in [4.78, 5) is 4.98. The van der Waals surface area contributed by atoms with Crippen molar-refractivity contribution < 1.29 is 4.42 Å². The largest absolute Gasteiger partial charge is 0.461 e. The van der Waals surface area contributed by atoms with Gasteiger partial charge in [0.05, 0.1) is 0 Å². The van der Waals surface area contributed by atoms with E-state index in [0.717, 1.165) is 30.3 Å². The number of fused-ring (bicyclic) bond motifs is 1. The van der Waals surface area contributed by atoms with Gasteiger partial charge in [-0.15, -0.1) is 0 Å². The van der Waals surface area contributed by atoms with Gasteiger partial charge < -0.3 is 14.2 Å². The first-order valence-electron chi connectivity index (χ1n) is 17.8. The molecular formula is C41H56N2O. The van der Waals surface area contributed by atoms with Gasteiger partial charge in [-0.2, -0.15) is 0 Å². The van der Waals surface area contributed by atoms with Crippen LogP contribution < -0.4 is 0 Å². The van der Waals surface area contributed by atoms with Gasteiger partial charge in [0.2, 0.25) is 0 Å². The van der Waals surface area contributed by atoms with Crippen LogP contribution in [0.4, 0.5) is 0 Å². The van der Waals surface area contributed by atoms with Crippen LogP contribution in [0.25, 0.3) is 11.1 Å². The minimum absolute atomic E-state index is 0.441. The summed E-state index contributed by atoms with van der Waals surface area (Å²) in [7, 11) is 4.54. The van der Waals surface area contributed by atoms with E-state index < -0.39 is 0 Å². The van der Waals surface area contributed by atoms with Gasteiger partial charge in [0.15, 0.2) is 0 Å². The van der Waals surface area contributed by atoms with Gasteiger partial charge in [-0.3, -0.25) is 0 Å². The lowest BCUT2D eigenvalue weighted by atomic mass is 9.58. The molecule has 3 heteroatoms. The van der Waals surface area contributed by atoms with Gasteiger partial charge in [-0.05, 0) is 175 Å². The van der Waals surface area contributed by atoms with Crippen LogP contribution in [0, 0.1) is 36.0 Å². The van der Waals surface area contributed by atoms with E-state index in [1.165, 1.54) is 113 Å². The van der Waals surface area contributed by atoms with E-state index in [1.54, 1.807) is 11.1 Å². The fourth-order valence-corrected chi connectivity index (χ4v) is 8.37. The summed E-state index contributed by atoms with van der Waals surface area (Å²) in [6.45, 7) is 11.8. The molecule has 0 amide bonds. The van der Waals surface area contributed by atoms with Crippen LogP contribution in [0.2, 0.25) is 0 Å². The quantitative estimate of drug-likeness (QED) is 0.299. The fourth-order valence-electron chi connectivity index (χ4n) is 8.37. The predicted molar refractivity (Wildman–Crippen MR) is 186 cm³/mol. The smallest absolute Gasteiger partial charge is 0.133 e. The molecule has 1 aromatic heterocycles. The highest BCUT2D eigenvalue weighted by Crippen LogP contribution is 2.52. The van der Waals surface area contributed by atoms with Crippen LogP contribution in [0.3, 0.4) is 0 Å². The summed E-state index contributed by atoms with van der Waals surface area (Å²) in [5, 5.41) is 0. The van der Waals surface area contributed by atoms with Crippen LogP contribution >= 0.6 is 0 Å². The first kappa shape index (κ1) is 31.4. The number of benzene rings is 1. The van der Waals surface area contributed by atoms with E-state index in [2.05, 4.69) is 86.0 Å². The topological polar surface area (TPSA) is 19.6 Å². The minimum atomic E-state index is 0.441. The summed E-state index contributed by atoms with van der Waals surface area (Å²) >= 11 is 0. The van der Waals surface area contributed by atoms with Crippen molar-refractivity contribution in [3.63, 3.8) is 0 Å². The number of piperidine rings is 2. The number of rotatable bonds is 7. The van der Waals surface area contributed by atoms with Crippen molar-refractivity contribution in [1.29, 1.82) is 0 Å². The Bertz CT molecular complexity index is 1410. The molecule has 0 bridgehead atoms. The molecule has 2 aromatic rings. The van der Waals surface area contributed by atoms with E-state index >= 15 is 0 Å². The van der Waals surface area contributed by atoms with Crippen LogP contribution in [0.15, 0.2) is 40.8 Å². The molecule has 4 aliphatic rings. The molecule has 6 rings (SSSR count). The van der Waals surface area contributed by atoms with E-state index in [9.17, 15) is 0 Å². The first-order valence-corrected chi connectivity index (χ1v) is 17.8. The number of hydrogen-bond acceptors (Lipinski definition) is 3. The molecule has 1 saturated carbocycles. The monoisotopic (exact) mass is 592 g/mol. The van der Waals surface area contributed by atoms with Gasteiger partial charge in [-0.25, -0.2) is 0 Å². The third kappa shape index (κ3) is 7.29. The van der Waals surface area contributed by atoms with Crippen LogP contribution in [-0.4, -0.2) is 50.1 Å². The zero-order valence-electron chi connectivity index (χ0n) is 28.3. The lowest BCUT2D eigenvalue weighted by molar-refractivity contribution is 0.0156. The van der Waals surface area contributed by atoms with Gasteiger partial charge in [0.1, 0.15) is 11.5 Å². The van der Waals surface area contributed by atoms with E-state index in [-0.39, 0.29) is 0 Å². The van der Waals surface area contributed by atoms with Gasteiger partial charge in [0.25, 0.3) is 0 Å². The van der Waals surface area contributed by atoms with Gasteiger partial charge in [-0.1, -0.05) is 50.7 Å². The molecule has 1 spiro atoms. The van der Waals surface area contributed by atoms with Gasteiger partial charge in [0, 0.05) is 17.1 Å². The molecule has 236 valence electrons. The van der Waals surface area contributed by atoms with Crippen molar-refractivity contribution in [2.24, 2.45) is 17.3 Å². The maximum Gasteiger partial charge on any atom is 0.133 e. The Hall–Kier alpha value is -2.54. The summed E-state index contributed by atoms with van der Waals surface area (Å²) in [5.41, 5.74) is 8.92. The van der Waals surface area contributed by atoms with Crippen LogP contribution in [0.5, 0.6) is 0 Å². The Balaban J connectivity index is 1.29. The number of aryl methyl sites for hydroxylation is 3. The number of furan rings is 1. The van der Waals surface area contributed by atoms with Crippen molar-refractivity contribution in [1.82, 2.24) is 9.80 Å². The molecular weight excluding hydrogens is 536 g/mol. The van der Waals surface area contributed by atoms with Crippen molar-refractivity contribution in [3.8, 4) is 11.8 Å². The zero-order chi connectivity index (χ0) is 30.7. The first-order chi connectivity index (χ1) is 21.3. The van der Waals surface area contributed by atoms with E-state index in [0.29, 0.717) is 17.3 Å². The third-order valence-corrected chi connectivity index (χ3v) is 11.4. The number of hydrogen-bond donors (Lipinski definition) is 0. The molecule has 2 aliphatic carbocycles. The highest BCUT2D eigenvalue weighted by Gasteiger charge is 2.44. The summed E-state index contributed by atoms with van der Waals surface area (Å²) < 4.78 is 6.15. The average molecular weight is 593 g/mol. The molecule has 1 atom stereocenters. The van der Waals surface area contributed by atoms with E-state index in [1.807, 2.05) is 6.92 Å². The maximum atomic E-state index is 6.15. The molecule has 3 fully saturated rings. The molecule has 44 heavy (non-hydrogen) atoms. The van der Waals surface area contributed by atoms with Crippen molar-refractivity contribution >= 4 is 11.1 Å². The summed E-state index contributed by atoms with van der Waals surface area (Å²) in [6.07, 6.45) is 19.9. The standard InChI is InChI=1S/C41H56N2O/c1-6-8-34-27-39-36(15-13-33-28-41(29-33)19-23-43(5)24-20-41)25-37(40-16-12-31(3)44-40)14-11-30(2)38(39)26-35(34)10-7-9-32-17-21-42(4)22-18-32/h12,14,16,25-27,30,32-33H,6-11,17-24,28-29H2,1-5H3/b36-25?,37-14-. The number of nitrogens with zero attached hydrogens (tertiary/aromatic N) is 2. The normalized spacial score (nSPS) is 24.3. The van der Waals surface area contributed by atoms with Crippen molar-refractivity contribution in [2.45, 2.75) is 104 Å². The minimum Gasteiger partial charge on any atom is -0.461 e. The Morgan fingerprint density at radius 3 is 2.39 bits per heavy atom. The molecule has 1 unspecified atom stereocenters. The van der Waals surface area contributed by atoms with Gasteiger partial charge >= 0.3 is 0 Å². The summed E-state index contributed by atoms with van der Waals surface area (Å²) in [6, 6.07) is 9.36. The highest BCUT2D eigenvalue weighted by molar-refractivity contribution is 5.91. The van der Waals surface area contributed by atoms with Crippen LogP contribution in [-0.2, 0) is 12.8 Å². The third-order valence-electron chi connectivity index (χ3n) is 11.4. The zero-order valence-corrected chi connectivity index (χ0v) is 28.3. The fraction of sp³-hybridized carbons (Fsp3) is 0.610. The molecule has 2 saturated heterocycles. The van der Waals surface area contributed by atoms with E-state index in [4.69, 9.17) is 4.42 Å². The SMILES string of the molecule is CCCc1cc2c(cc1CCCC1CCN(C)CC1)C(C)C/C=C(\c1ccc(C)o1)C=C2C#CC1CC2(CCN(C)CC2)C1. The van der Waals surface area contributed by atoms with Crippen LogP contribution in [0.1, 0.15) is 118 Å². The Labute approximate surface area is 268 Å². The molecule has 3 nitrogen and oxygen atoms in total. The lowest BCUT2D eigenvalue weighted by Crippen LogP contribution is -2.45. The number of likely N-dealkylation sites (tertiary alicyclic amines) is 2. The second-order valence-electron chi connectivity index (χ2n) is 15.0.